The molecule has 0 atom stereocenters. The molecule has 1 N–H and O–H groups in total. The highest BCUT2D eigenvalue weighted by atomic mass is 32.2. The summed E-state index contributed by atoms with van der Waals surface area (Å²) in [5.74, 6) is 3.22. The van der Waals surface area contributed by atoms with Crippen molar-refractivity contribution in [3.63, 3.8) is 0 Å². The van der Waals surface area contributed by atoms with E-state index in [1.165, 1.54) is 57.0 Å². The van der Waals surface area contributed by atoms with Crippen LogP contribution in [0.1, 0.15) is 35.4 Å². The number of aryl methyl sites for hydroxylation is 2. The van der Waals surface area contributed by atoms with Crippen LogP contribution in [0.25, 0.3) is 29.3 Å². The van der Waals surface area contributed by atoms with Crippen LogP contribution in [0, 0.1) is 19.8 Å². The van der Waals surface area contributed by atoms with Crippen molar-refractivity contribution >= 4 is 67.2 Å². The van der Waals surface area contributed by atoms with Crippen LogP contribution in [0.2, 0.25) is 0 Å². The number of hydrogen-bond acceptors (Lipinski definition) is 16. The standard InChI is InChI=1S/C42H60O12S6/c1-32-7-8-38(56-32)42-36(54-24-22-50-15-13-46-11-12-48-19-20-52-31-34-5-3-4-6-34)30-40(59-42)37-9-10-39(58-37)41-35(29-33(2)57-41)53-23-21-49-16-14-47-17-18-51-25-26-55-27-28-60(43,44)45/h7-10,29-30,34H,3-6,11-28,31H2,1-2H3,(H,43,44,45). The zero-order valence-corrected chi connectivity index (χ0v) is 39.6. The molecule has 0 amide bonds. The molecule has 0 radical (unpaired) electrons. The molecule has 18 heteroatoms. The van der Waals surface area contributed by atoms with Crippen molar-refractivity contribution < 1.29 is 55.6 Å². The van der Waals surface area contributed by atoms with Crippen LogP contribution in [-0.2, 0) is 43.3 Å². The Labute approximate surface area is 375 Å². The van der Waals surface area contributed by atoms with Crippen LogP contribution in [0.3, 0.4) is 0 Å². The van der Waals surface area contributed by atoms with Crippen molar-refractivity contribution in [3.8, 4) is 40.8 Å². The lowest BCUT2D eigenvalue weighted by atomic mass is 10.1. The van der Waals surface area contributed by atoms with Crippen molar-refractivity contribution in [2.75, 3.05) is 123 Å². The van der Waals surface area contributed by atoms with Gasteiger partial charge in [0.2, 0.25) is 0 Å². The summed E-state index contributed by atoms with van der Waals surface area (Å²) in [7, 11) is -3.90. The molecule has 4 heterocycles. The van der Waals surface area contributed by atoms with Crippen LogP contribution in [0.15, 0.2) is 36.4 Å². The number of ether oxygens (including phenoxy) is 9. The van der Waals surface area contributed by atoms with E-state index < -0.39 is 10.1 Å². The van der Waals surface area contributed by atoms with Crippen LogP contribution in [-0.4, -0.2) is 136 Å². The molecular weight excluding hydrogens is 889 g/mol. The van der Waals surface area contributed by atoms with Crippen molar-refractivity contribution in [2.45, 2.75) is 39.5 Å². The molecule has 0 saturated heterocycles. The highest BCUT2D eigenvalue weighted by Gasteiger charge is 2.19. The molecule has 0 unspecified atom stereocenters. The largest absolute Gasteiger partial charge is 0.490 e. The lowest BCUT2D eigenvalue weighted by molar-refractivity contribution is -0.00792. The smallest absolute Gasteiger partial charge is 0.265 e. The molecule has 0 spiro atoms. The molecule has 12 nitrogen and oxygen atoms in total. The monoisotopic (exact) mass is 948 g/mol. The van der Waals surface area contributed by atoms with E-state index in [2.05, 4.69) is 50.2 Å². The van der Waals surface area contributed by atoms with Crippen LogP contribution < -0.4 is 9.47 Å². The highest BCUT2D eigenvalue weighted by molar-refractivity contribution is 8.00. The number of thiophene rings is 4. The molecule has 4 aromatic heterocycles. The Morgan fingerprint density at radius 3 is 1.63 bits per heavy atom. The van der Waals surface area contributed by atoms with E-state index >= 15 is 0 Å². The third-order valence-corrected chi connectivity index (χ3v) is 15.8. The van der Waals surface area contributed by atoms with Crippen molar-refractivity contribution in [2.24, 2.45) is 5.92 Å². The zero-order chi connectivity index (χ0) is 42.3. The Kier molecular flexibility index (Phi) is 23.2. The number of hydrogen-bond donors (Lipinski definition) is 1. The normalized spacial score (nSPS) is 13.5. The molecule has 0 bridgehead atoms. The van der Waals surface area contributed by atoms with Crippen molar-refractivity contribution in [1.29, 1.82) is 0 Å². The molecule has 0 aliphatic heterocycles. The van der Waals surface area contributed by atoms with Gasteiger partial charge in [0.25, 0.3) is 10.1 Å². The first kappa shape index (κ1) is 49.4. The third-order valence-electron chi connectivity index (χ3n) is 9.07. The molecule has 1 aliphatic carbocycles. The van der Waals surface area contributed by atoms with Gasteiger partial charge in [0.15, 0.2) is 0 Å². The molecule has 0 aromatic carbocycles. The Balaban J connectivity index is 0.969. The minimum absolute atomic E-state index is 0.245. The molecule has 5 rings (SSSR count). The number of rotatable bonds is 34. The van der Waals surface area contributed by atoms with Gasteiger partial charge in [0, 0.05) is 53.4 Å². The third kappa shape index (κ3) is 19.0. The van der Waals surface area contributed by atoms with Gasteiger partial charge in [-0.2, -0.15) is 20.2 Å². The maximum atomic E-state index is 10.7. The van der Waals surface area contributed by atoms with E-state index in [-0.39, 0.29) is 5.75 Å². The molecule has 1 saturated carbocycles. The molecular formula is C42H60O12S6. The molecule has 1 fully saturated rings. The minimum Gasteiger partial charge on any atom is -0.490 e. The maximum Gasteiger partial charge on any atom is 0.265 e. The average Bonchev–Trinajstić information content (AvgIpc) is 4.08. The van der Waals surface area contributed by atoms with Gasteiger partial charge in [-0.1, -0.05) is 12.8 Å². The lowest BCUT2D eigenvalue weighted by Crippen LogP contribution is -2.14. The second-order valence-corrected chi connectivity index (χ2v) is 21.4. The fraction of sp³-hybridized carbons (Fsp3) is 0.619. The van der Waals surface area contributed by atoms with Crippen LogP contribution in [0.4, 0.5) is 0 Å². The summed E-state index contributed by atoms with van der Waals surface area (Å²) in [6, 6.07) is 12.9. The summed E-state index contributed by atoms with van der Waals surface area (Å²) in [5, 5.41) is 0. The number of thioether (sulfide) groups is 1. The first-order valence-corrected chi connectivity index (χ1v) is 26.5. The Bertz CT molecular complexity index is 1860. The van der Waals surface area contributed by atoms with Crippen LogP contribution >= 0.6 is 57.1 Å². The van der Waals surface area contributed by atoms with Crippen molar-refractivity contribution in [1.82, 2.24) is 0 Å². The van der Waals surface area contributed by atoms with Gasteiger partial charge in [-0.3, -0.25) is 4.55 Å². The van der Waals surface area contributed by atoms with Gasteiger partial charge >= 0.3 is 0 Å². The van der Waals surface area contributed by atoms with Gasteiger partial charge < -0.3 is 42.6 Å². The highest BCUT2D eigenvalue weighted by Crippen LogP contribution is 2.49. The lowest BCUT2D eigenvalue weighted by Gasteiger charge is -2.10. The summed E-state index contributed by atoms with van der Waals surface area (Å²) < 4.78 is 82.3. The second kappa shape index (κ2) is 28.2. The fourth-order valence-electron chi connectivity index (χ4n) is 6.13. The summed E-state index contributed by atoms with van der Waals surface area (Å²) >= 11 is 8.41. The molecule has 336 valence electrons. The quantitative estimate of drug-likeness (QED) is 0.0352. The molecule has 4 aromatic rings. The van der Waals surface area contributed by atoms with E-state index in [0.717, 1.165) is 43.5 Å². The van der Waals surface area contributed by atoms with Gasteiger partial charge in [-0.15, -0.1) is 45.3 Å². The summed E-state index contributed by atoms with van der Waals surface area (Å²) in [6.07, 6.45) is 5.29. The second-order valence-electron chi connectivity index (χ2n) is 13.9. The minimum atomic E-state index is -3.90. The topological polar surface area (TPSA) is 137 Å². The van der Waals surface area contributed by atoms with Gasteiger partial charge in [-0.05, 0) is 62.9 Å². The molecule has 60 heavy (non-hydrogen) atoms. The van der Waals surface area contributed by atoms with Crippen molar-refractivity contribution in [3.05, 3.63) is 46.2 Å². The van der Waals surface area contributed by atoms with Crippen LogP contribution in [0.5, 0.6) is 11.5 Å². The summed E-state index contributed by atoms with van der Waals surface area (Å²) in [6.45, 7) is 12.5. The zero-order valence-electron chi connectivity index (χ0n) is 34.7. The van der Waals surface area contributed by atoms with Gasteiger partial charge in [0.05, 0.1) is 101 Å². The predicted molar refractivity (Wildman–Crippen MR) is 246 cm³/mol. The first-order chi connectivity index (χ1) is 29.2. The predicted octanol–water partition coefficient (Wildman–Crippen LogP) is 9.24. The average molecular weight is 949 g/mol. The first-order valence-electron chi connectivity index (χ1n) is 20.5. The summed E-state index contributed by atoms with van der Waals surface area (Å²) in [5.41, 5.74) is 0. The Hall–Kier alpha value is -1.62. The fourth-order valence-corrected chi connectivity index (χ4v) is 12.1. The molecule has 1 aliphatic rings. The van der Waals surface area contributed by atoms with E-state index in [4.69, 9.17) is 47.2 Å². The maximum absolute atomic E-state index is 10.7. The van der Waals surface area contributed by atoms with E-state index in [9.17, 15) is 8.42 Å². The SMILES string of the molecule is Cc1ccc(-c2sc(-c3ccc(-c4sc(C)cc4OCCOCCOCCOCCSCCS(=O)(=O)O)s3)cc2OCCOCCOCCOCCOCC2CCCC2)s1. The van der Waals surface area contributed by atoms with Gasteiger partial charge in [0.1, 0.15) is 24.7 Å². The Morgan fingerprint density at radius 2 is 1.05 bits per heavy atom. The van der Waals surface area contributed by atoms with E-state index in [1.807, 2.05) is 0 Å². The Morgan fingerprint density at radius 1 is 0.550 bits per heavy atom. The van der Waals surface area contributed by atoms with E-state index in [0.29, 0.717) is 111 Å². The van der Waals surface area contributed by atoms with E-state index in [1.54, 1.807) is 45.3 Å². The summed E-state index contributed by atoms with van der Waals surface area (Å²) in [4.78, 5) is 9.36. The van der Waals surface area contributed by atoms with Gasteiger partial charge in [-0.25, -0.2) is 0 Å².